The van der Waals surface area contributed by atoms with E-state index in [1.807, 2.05) is 0 Å². The maximum atomic E-state index is 13.1. The molecule has 0 radical (unpaired) electrons. The Balaban J connectivity index is 3.91. The van der Waals surface area contributed by atoms with Crippen LogP contribution in [0.15, 0.2) is 0 Å². The van der Waals surface area contributed by atoms with Crippen molar-refractivity contribution in [2.75, 3.05) is 13.1 Å². The van der Waals surface area contributed by atoms with E-state index in [1.165, 1.54) is 10.6 Å². The molecule has 0 unspecified atom stereocenters. The van der Waals surface area contributed by atoms with Crippen LogP contribution in [-0.4, -0.2) is 60.9 Å². The fourth-order valence-electron chi connectivity index (χ4n) is 2.93. The first-order valence-electron chi connectivity index (χ1n) is 11.3. The van der Waals surface area contributed by atoms with Crippen molar-refractivity contribution in [1.82, 2.24) is 10.6 Å². The number of carbonyl (C=O) groups is 2. The quantitative estimate of drug-likeness (QED) is 0.145. The lowest BCUT2D eigenvalue weighted by Gasteiger charge is -2.27. The molecule has 0 spiro atoms. The summed E-state index contributed by atoms with van der Waals surface area (Å²) in [6.45, 7) is -1.09. The van der Waals surface area contributed by atoms with Gasteiger partial charge in [0.2, 0.25) is 0 Å². The second-order valence-electron chi connectivity index (χ2n) is 8.34. The zero-order valence-electron chi connectivity index (χ0n) is 19.6. The number of nitrogens with one attached hydrogen (secondary N) is 2. The first-order valence-corrected chi connectivity index (χ1v) is 11.3. The van der Waals surface area contributed by atoms with Crippen LogP contribution in [0, 0.1) is 0 Å². The molecule has 0 heterocycles. The Kier molecular flexibility index (Phi) is 13.1. The highest BCUT2D eigenvalue weighted by molar-refractivity contribution is 5.85. The van der Waals surface area contributed by atoms with E-state index >= 15 is 0 Å². The average molecular weight is 592 g/mol. The van der Waals surface area contributed by atoms with Crippen molar-refractivity contribution in [2.24, 2.45) is 0 Å². The molecule has 0 aliphatic heterocycles. The van der Waals surface area contributed by atoms with Gasteiger partial charge in [-0.05, 0) is 12.8 Å². The molecule has 4 nitrogen and oxygen atoms in total. The maximum absolute atomic E-state index is 13.1. The molecule has 0 saturated carbocycles. The van der Waals surface area contributed by atoms with Crippen molar-refractivity contribution in [3.8, 4) is 0 Å². The van der Waals surface area contributed by atoms with E-state index < -0.39 is 60.9 Å². The molecule has 18 heteroatoms. The van der Waals surface area contributed by atoms with Gasteiger partial charge in [-0.2, -0.15) is 61.5 Å². The van der Waals surface area contributed by atoms with E-state index in [2.05, 4.69) is 0 Å². The summed E-state index contributed by atoms with van der Waals surface area (Å²) in [4.78, 5) is 22.1. The van der Waals surface area contributed by atoms with Crippen LogP contribution in [-0.2, 0) is 9.59 Å². The van der Waals surface area contributed by atoms with E-state index in [-0.39, 0.29) is 12.8 Å². The van der Waals surface area contributed by atoms with E-state index in [9.17, 15) is 71.1 Å². The van der Waals surface area contributed by atoms with Crippen molar-refractivity contribution >= 4 is 11.8 Å². The molecule has 0 atom stereocenters. The molecule has 2 N–H and O–H groups in total. The van der Waals surface area contributed by atoms with E-state index in [0.29, 0.717) is 51.4 Å². The second kappa shape index (κ2) is 13.8. The zero-order valence-corrected chi connectivity index (χ0v) is 19.6. The summed E-state index contributed by atoms with van der Waals surface area (Å²) in [6, 6.07) is 0. The van der Waals surface area contributed by atoms with Crippen molar-refractivity contribution in [1.29, 1.82) is 0 Å². The van der Waals surface area contributed by atoms with E-state index in [0.717, 1.165) is 0 Å². The Bertz CT molecular complexity index is 689. The fourth-order valence-corrected chi connectivity index (χ4v) is 2.93. The van der Waals surface area contributed by atoms with Gasteiger partial charge in [0.1, 0.15) is 0 Å². The van der Waals surface area contributed by atoms with Gasteiger partial charge in [0.25, 0.3) is 11.8 Å². The number of hydrogen-bond acceptors (Lipinski definition) is 2. The molecular formula is C20H26F14N2O2. The Hall–Kier alpha value is -2.04. The molecule has 0 rings (SSSR count). The lowest BCUT2D eigenvalue weighted by molar-refractivity contribution is -0.344. The Morgan fingerprint density at radius 1 is 0.395 bits per heavy atom. The van der Waals surface area contributed by atoms with Crippen LogP contribution in [0.2, 0.25) is 0 Å². The van der Waals surface area contributed by atoms with Crippen molar-refractivity contribution < 1.29 is 71.1 Å². The molecule has 0 aliphatic rings. The topological polar surface area (TPSA) is 58.2 Å². The summed E-state index contributed by atoms with van der Waals surface area (Å²) in [7, 11) is 0. The number of unbranched alkanes of at least 4 members (excludes halogenated alkanes) is 9. The first kappa shape index (κ1) is 36.0. The van der Waals surface area contributed by atoms with Crippen LogP contribution in [0.5, 0.6) is 0 Å². The molecule has 0 aromatic carbocycles. The smallest absolute Gasteiger partial charge is 0.351 e. The van der Waals surface area contributed by atoms with Crippen LogP contribution >= 0.6 is 0 Å². The van der Waals surface area contributed by atoms with Crippen molar-refractivity contribution in [2.45, 2.75) is 100 Å². The highest BCUT2D eigenvalue weighted by Crippen LogP contribution is 2.47. The Morgan fingerprint density at radius 3 is 0.816 bits per heavy atom. The predicted octanol–water partition coefficient (Wildman–Crippen LogP) is 6.79. The van der Waals surface area contributed by atoms with Crippen molar-refractivity contribution in [3.63, 3.8) is 0 Å². The third-order valence-electron chi connectivity index (χ3n) is 5.25. The third-order valence-corrected chi connectivity index (χ3v) is 5.25. The summed E-state index contributed by atoms with van der Waals surface area (Å²) in [5.41, 5.74) is 0. The normalized spacial score (nSPS) is 13.9. The molecule has 0 bridgehead atoms. The molecule has 0 aromatic heterocycles. The maximum Gasteiger partial charge on any atom is 0.460 e. The molecule has 0 aliphatic carbocycles. The Morgan fingerprint density at radius 2 is 0.605 bits per heavy atom. The molecule has 0 saturated heterocycles. The number of halogens is 14. The minimum Gasteiger partial charge on any atom is -0.351 e. The zero-order chi connectivity index (χ0) is 30.1. The number of alkyl halides is 14. The first-order chi connectivity index (χ1) is 17.0. The number of amides is 2. The number of hydrogen-bond donors (Lipinski definition) is 2. The molecule has 226 valence electrons. The van der Waals surface area contributed by atoms with Crippen LogP contribution < -0.4 is 10.6 Å². The van der Waals surface area contributed by atoms with Gasteiger partial charge in [-0.3, -0.25) is 9.59 Å². The van der Waals surface area contributed by atoms with Gasteiger partial charge in [0.15, 0.2) is 0 Å². The van der Waals surface area contributed by atoms with Gasteiger partial charge < -0.3 is 10.6 Å². The minimum atomic E-state index is -6.61. The fraction of sp³-hybridized carbons (Fsp3) is 0.900. The largest absolute Gasteiger partial charge is 0.460 e. The summed E-state index contributed by atoms with van der Waals surface area (Å²) < 4.78 is 175. The van der Waals surface area contributed by atoms with Crippen LogP contribution in [0.3, 0.4) is 0 Å². The van der Waals surface area contributed by atoms with Gasteiger partial charge in [0, 0.05) is 13.1 Å². The highest BCUT2D eigenvalue weighted by atomic mass is 19.4. The molecule has 0 fully saturated rings. The molecule has 38 heavy (non-hydrogen) atoms. The monoisotopic (exact) mass is 592 g/mol. The number of rotatable bonds is 17. The standard InChI is InChI=1S/C20H26F14N2O2/c21-15(22,17(25,26)19(29,30)31)13(37)35-11-9-7-5-3-1-2-4-6-8-10-12-36-14(38)16(23,24)18(27,28)20(32,33)34/h1-12H2,(H,35,37)(H,36,38). The number of carbonyl (C=O) groups excluding carboxylic acids is 2. The lowest BCUT2D eigenvalue weighted by atomic mass is 10.1. The van der Waals surface area contributed by atoms with Crippen molar-refractivity contribution in [3.05, 3.63) is 0 Å². The Labute approximate surface area is 207 Å². The average Bonchev–Trinajstić information content (AvgIpc) is 2.76. The SMILES string of the molecule is O=C(NCCCCCCCCCCCCNC(=O)C(F)(F)C(F)(F)C(F)(F)F)C(F)(F)C(F)(F)C(F)(F)F. The predicted molar refractivity (Wildman–Crippen MR) is 104 cm³/mol. The molecular weight excluding hydrogens is 566 g/mol. The van der Waals surface area contributed by atoms with Crippen LogP contribution in [0.1, 0.15) is 64.2 Å². The highest BCUT2D eigenvalue weighted by Gasteiger charge is 2.77. The molecule has 0 aromatic rings. The van der Waals surface area contributed by atoms with Gasteiger partial charge in [-0.15, -0.1) is 0 Å². The van der Waals surface area contributed by atoms with E-state index in [4.69, 9.17) is 0 Å². The van der Waals surface area contributed by atoms with Gasteiger partial charge in [0.05, 0.1) is 0 Å². The second-order valence-corrected chi connectivity index (χ2v) is 8.34. The summed E-state index contributed by atoms with van der Waals surface area (Å²) >= 11 is 0. The molecule has 2 amide bonds. The lowest BCUT2D eigenvalue weighted by Crippen LogP contribution is -2.59. The van der Waals surface area contributed by atoms with Gasteiger partial charge in [-0.1, -0.05) is 51.4 Å². The minimum absolute atomic E-state index is 0.0408. The summed E-state index contributed by atoms with van der Waals surface area (Å²) in [6.07, 6.45) is -8.83. The van der Waals surface area contributed by atoms with Gasteiger partial charge in [-0.25, -0.2) is 0 Å². The van der Waals surface area contributed by atoms with Gasteiger partial charge >= 0.3 is 36.0 Å². The summed E-state index contributed by atoms with van der Waals surface area (Å²) in [5, 5.41) is 2.68. The van der Waals surface area contributed by atoms with Crippen LogP contribution in [0.4, 0.5) is 61.5 Å². The third kappa shape index (κ3) is 9.31. The van der Waals surface area contributed by atoms with E-state index in [1.54, 1.807) is 0 Å². The van der Waals surface area contributed by atoms with Crippen LogP contribution in [0.25, 0.3) is 0 Å². The summed E-state index contributed by atoms with van der Waals surface area (Å²) in [5.74, 6) is -30.5.